The van der Waals surface area contributed by atoms with Crippen LogP contribution in [-0.2, 0) is 4.79 Å². The number of rotatable bonds is 7. The molecular weight excluding hydrogens is 584 g/mol. The number of nitriles is 1. The van der Waals surface area contributed by atoms with Gasteiger partial charge in [0.05, 0.1) is 41.9 Å². The summed E-state index contributed by atoms with van der Waals surface area (Å²) in [6.45, 7) is 0. The lowest BCUT2D eigenvalue weighted by Crippen LogP contribution is -2.51. The molecule has 2 heterocycles. The maximum Gasteiger partial charge on any atom is 0.274 e. The molecule has 0 saturated heterocycles. The molecule has 6 rings (SSSR count). The highest BCUT2D eigenvalue weighted by Crippen LogP contribution is 2.40. The lowest BCUT2D eigenvalue weighted by Gasteiger charge is -2.43. The molecule has 2 fully saturated rings. The Morgan fingerprint density at radius 2 is 1.44 bits per heavy atom. The summed E-state index contributed by atoms with van der Waals surface area (Å²) in [4.78, 5) is 31.4. The third-order valence-electron chi connectivity index (χ3n) is 9.53. The molecule has 45 heavy (non-hydrogen) atoms. The number of carbonyl (C=O) groups excluding carboxylic acids is 1. The van der Waals surface area contributed by atoms with Crippen LogP contribution < -0.4 is 30.0 Å². The molecule has 9 heteroatoms. The number of ether oxygens (including phenoxy) is 2. The summed E-state index contributed by atoms with van der Waals surface area (Å²) in [5.41, 5.74) is 8.60. The summed E-state index contributed by atoms with van der Waals surface area (Å²) in [7, 11) is 3.21. The Bertz CT molecular complexity index is 1780. The highest BCUT2D eigenvalue weighted by atomic mass is 32.1. The quantitative estimate of drug-likeness (QED) is 0.403. The minimum absolute atomic E-state index is 0.0716. The molecular formula is C36H40N4O4S. The van der Waals surface area contributed by atoms with Crippen molar-refractivity contribution in [3.8, 4) is 17.6 Å². The van der Waals surface area contributed by atoms with Crippen molar-refractivity contribution in [2.24, 2.45) is 5.73 Å². The van der Waals surface area contributed by atoms with Crippen molar-refractivity contribution >= 4 is 34.7 Å². The number of hydrogen-bond donors (Lipinski definition) is 1. The van der Waals surface area contributed by atoms with Gasteiger partial charge >= 0.3 is 0 Å². The fraction of sp³-hybridized carbons (Fsp3) is 0.417. The van der Waals surface area contributed by atoms with Crippen molar-refractivity contribution in [2.75, 3.05) is 14.2 Å². The fourth-order valence-electron chi connectivity index (χ4n) is 7.22. The number of carbonyl (C=O) groups is 1. The lowest BCUT2D eigenvalue weighted by molar-refractivity contribution is -0.131. The van der Waals surface area contributed by atoms with E-state index < -0.39 is 5.92 Å². The number of fused-ring (bicyclic) bond motifs is 1. The van der Waals surface area contributed by atoms with Crippen LogP contribution in [-0.4, -0.2) is 41.7 Å². The number of thiazole rings is 1. The first-order valence-corrected chi connectivity index (χ1v) is 16.7. The van der Waals surface area contributed by atoms with Gasteiger partial charge in [-0.3, -0.25) is 14.2 Å². The Morgan fingerprint density at radius 1 is 0.911 bits per heavy atom. The minimum atomic E-state index is -0.713. The number of nitrogens with zero attached hydrogens (tertiary/aromatic N) is 3. The lowest BCUT2D eigenvalue weighted by atomic mass is 9.81. The molecule has 8 nitrogen and oxygen atoms in total. The molecule has 1 unspecified atom stereocenters. The molecule has 0 spiro atoms. The molecule has 2 aliphatic carbocycles. The van der Waals surface area contributed by atoms with Gasteiger partial charge in [0.2, 0.25) is 0 Å². The highest BCUT2D eigenvalue weighted by molar-refractivity contribution is 7.07. The van der Waals surface area contributed by atoms with Crippen LogP contribution in [0.4, 0.5) is 0 Å². The number of hydrogen-bond acceptors (Lipinski definition) is 7. The molecule has 1 amide bonds. The second-order valence-corrected chi connectivity index (χ2v) is 13.2. The molecule has 1 atom stereocenters. The van der Waals surface area contributed by atoms with E-state index in [0.717, 1.165) is 62.5 Å². The Morgan fingerprint density at radius 3 is 1.96 bits per heavy atom. The van der Waals surface area contributed by atoms with E-state index in [1.807, 2.05) is 54.6 Å². The van der Waals surface area contributed by atoms with Crippen molar-refractivity contribution in [3.63, 3.8) is 0 Å². The summed E-state index contributed by atoms with van der Waals surface area (Å²) < 4.78 is 13.0. The second kappa shape index (κ2) is 13.4. The number of nitrogens with two attached hydrogens (primary N) is 1. The standard InChI is InChI=1S/C36H40N4O4S/c1-43-27-17-13-23(14-18-27)21-30-34(41)40-33(38)29(22-37)31(24-15-19-28(44-2)20-16-24)32(36(40)45-30)35(42)39(25-9-5-3-6-10-25)26-11-7-4-8-12-26/h13-21,25-26,31H,3-12,38H2,1-2H3/b30-21+. The van der Waals surface area contributed by atoms with Gasteiger partial charge in [0.1, 0.15) is 22.0 Å². The summed E-state index contributed by atoms with van der Waals surface area (Å²) in [6.07, 6.45) is 12.4. The minimum Gasteiger partial charge on any atom is -0.497 e. The van der Waals surface area contributed by atoms with Crippen LogP contribution in [0.5, 0.6) is 11.5 Å². The molecule has 3 aliphatic rings. The molecule has 2 N–H and O–H groups in total. The zero-order chi connectivity index (χ0) is 31.5. The van der Waals surface area contributed by atoms with Gasteiger partial charge < -0.3 is 20.1 Å². The first kappa shape index (κ1) is 30.7. The van der Waals surface area contributed by atoms with E-state index in [9.17, 15) is 10.1 Å². The number of aromatic nitrogens is 1. The van der Waals surface area contributed by atoms with Gasteiger partial charge in [0.15, 0.2) is 0 Å². The van der Waals surface area contributed by atoms with Crippen LogP contribution in [0.2, 0.25) is 0 Å². The molecule has 2 saturated carbocycles. The fourth-order valence-corrected chi connectivity index (χ4v) is 8.39. The zero-order valence-corrected chi connectivity index (χ0v) is 26.8. The van der Waals surface area contributed by atoms with Gasteiger partial charge in [-0.25, -0.2) is 0 Å². The van der Waals surface area contributed by atoms with Crippen molar-refractivity contribution < 1.29 is 14.3 Å². The van der Waals surface area contributed by atoms with E-state index in [4.69, 9.17) is 15.2 Å². The molecule has 3 aromatic rings. The van der Waals surface area contributed by atoms with Gasteiger partial charge in [-0.15, -0.1) is 11.3 Å². The van der Waals surface area contributed by atoms with Crippen molar-refractivity contribution in [2.45, 2.75) is 82.2 Å². The van der Waals surface area contributed by atoms with Gasteiger partial charge in [-0.2, -0.15) is 5.26 Å². The molecule has 0 radical (unpaired) electrons. The second-order valence-electron chi connectivity index (χ2n) is 12.2. The van der Waals surface area contributed by atoms with E-state index >= 15 is 4.79 Å². The zero-order valence-electron chi connectivity index (χ0n) is 26.0. The molecule has 0 bridgehead atoms. The maximum atomic E-state index is 15.2. The van der Waals surface area contributed by atoms with Gasteiger partial charge in [0, 0.05) is 12.1 Å². The van der Waals surface area contributed by atoms with Crippen LogP contribution >= 0.6 is 11.3 Å². The molecule has 2 aromatic carbocycles. The predicted molar refractivity (Wildman–Crippen MR) is 177 cm³/mol. The number of allylic oxidation sites excluding steroid dienone is 1. The summed E-state index contributed by atoms with van der Waals surface area (Å²) >= 11 is 1.27. The van der Waals surface area contributed by atoms with Crippen LogP contribution in [0.25, 0.3) is 17.5 Å². The average Bonchev–Trinajstić information content (AvgIpc) is 3.41. The normalized spacial score (nSPS) is 19.6. The third kappa shape index (κ3) is 5.91. The van der Waals surface area contributed by atoms with Crippen molar-refractivity contribution in [1.29, 1.82) is 5.26 Å². The monoisotopic (exact) mass is 624 g/mol. The van der Waals surface area contributed by atoms with Crippen LogP contribution in [0.3, 0.4) is 0 Å². The first-order valence-electron chi connectivity index (χ1n) is 15.9. The third-order valence-corrected chi connectivity index (χ3v) is 10.6. The largest absolute Gasteiger partial charge is 0.497 e. The van der Waals surface area contributed by atoms with Gasteiger partial charge in [-0.05, 0) is 67.2 Å². The van der Waals surface area contributed by atoms with Crippen LogP contribution in [0, 0.1) is 11.3 Å². The van der Waals surface area contributed by atoms with E-state index in [0.29, 0.717) is 26.3 Å². The Hall–Kier alpha value is -4.29. The Labute approximate surface area is 267 Å². The highest BCUT2D eigenvalue weighted by Gasteiger charge is 2.41. The molecule has 1 aliphatic heterocycles. The van der Waals surface area contributed by atoms with Gasteiger partial charge in [-0.1, -0.05) is 62.8 Å². The van der Waals surface area contributed by atoms with E-state index in [-0.39, 0.29) is 34.9 Å². The van der Waals surface area contributed by atoms with Gasteiger partial charge in [0.25, 0.3) is 11.5 Å². The first-order chi connectivity index (χ1) is 21.9. The summed E-state index contributed by atoms with van der Waals surface area (Å²) in [5.74, 6) is 0.667. The van der Waals surface area contributed by atoms with Crippen molar-refractivity contribution in [3.05, 3.63) is 84.8 Å². The topological polar surface area (TPSA) is 111 Å². The molecule has 1 aromatic heterocycles. The number of benzene rings is 2. The maximum absolute atomic E-state index is 15.2. The SMILES string of the molecule is COc1ccc(/C=c2/sc3n(c2=O)C(N)=C(C#N)C(c2ccc(OC)cc2)C=3C(=O)N(C2CCCCC2)C2CCCCC2)cc1. The van der Waals surface area contributed by atoms with E-state index in [2.05, 4.69) is 11.0 Å². The Balaban J connectivity index is 1.61. The number of amides is 1. The van der Waals surface area contributed by atoms with Crippen LogP contribution in [0.15, 0.2) is 58.9 Å². The van der Waals surface area contributed by atoms with E-state index in [1.165, 1.54) is 28.7 Å². The summed E-state index contributed by atoms with van der Waals surface area (Å²) in [5, 5.41) is 10.6. The molecule has 234 valence electrons. The number of methoxy groups -OCH3 is 2. The smallest absolute Gasteiger partial charge is 0.274 e. The summed E-state index contributed by atoms with van der Waals surface area (Å²) in [6, 6.07) is 17.5. The van der Waals surface area contributed by atoms with Crippen molar-refractivity contribution in [1.82, 2.24) is 9.47 Å². The average molecular weight is 625 g/mol. The van der Waals surface area contributed by atoms with Crippen LogP contribution in [0.1, 0.15) is 81.3 Å². The predicted octanol–water partition coefficient (Wildman–Crippen LogP) is 4.85. The Kier molecular flexibility index (Phi) is 9.13. The van der Waals surface area contributed by atoms with E-state index in [1.54, 1.807) is 14.2 Å².